The van der Waals surface area contributed by atoms with E-state index >= 15 is 0 Å². The topological polar surface area (TPSA) is 31.5 Å². The van der Waals surface area contributed by atoms with Gasteiger partial charge in [0.25, 0.3) is 0 Å². The van der Waals surface area contributed by atoms with E-state index in [-0.39, 0.29) is 86.3 Å². The Labute approximate surface area is 85.4 Å². The fourth-order valence-electron chi connectivity index (χ4n) is 0. The molecule has 6 heteroatoms. The van der Waals surface area contributed by atoms with Gasteiger partial charge in [-0.25, -0.2) is 0 Å². The third-order valence-electron chi connectivity index (χ3n) is 0. The molecule has 0 spiro atoms. The zero-order valence-electron chi connectivity index (χ0n) is 2.71. The van der Waals surface area contributed by atoms with Gasteiger partial charge in [-0.05, 0) is 0 Å². The molecular formula is H2AlCl3OZr+4. The van der Waals surface area contributed by atoms with Crippen LogP contribution in [0.2, 0.25) is 0 Å². The second-order valence-electron chi connectivity index (χ2n) is 0. The molecule has 0 heterocycles. The summed E-state index contributed by atoms with van der Waals surface area (Å²) in [5.74, 6) is 0. The summed E-state index contributed by atoms with van der Waals surface area (Å²) in [4.78, 5) is 0. The van der Waals surface area contributed by atoms with Crippen molar-refractivity contribution in [1.82, 2.24) is 0 Å². The van der Waals surface area contributed by atoms with Gasteiger partial charge in [0.05, 0.1) is 0 Å². The van der Waals surface area contributed by atoms with Gasteiger partial charge >= 0.3 is 43.6 Å². The van der Waals surface area contributed by atoms with Crippen LogP contribution in [0.1, 0.15) is 0 Å². The maximum Gasteiger partial charge on any atom is 4.00 e. The molecule has 0 amide bonds. The van der Waals surface area contributed by atoms with Gasteiger partial charge in [-0.1, -0.05) is 0 Å². The first-order valence-corrected chi connectivity index (χ1v) is 0. The normalized spacial score (nSPS) is 0. The van der Waals surface area contributed by atoms with Gasteiger partial charge < -0.3 is 42.7 Å². The Morgan fingerprint density at radius 1 is 0.667 bits per heavy atom. The Morgan fingerprint density at radius 3 is 0.667 bits per heavy atom. The summed E-state index contributed by atoms with van der Waals surface area (Å²) in [6.45, 7) is 0. The second kappa shape index (κ2) is 56.0. The summed E-state index contributed by atoms with van der Waals surface area (Å²) < 4.78 is 0. The molecule has 2 N–H and O–H groups in total. The van der Waals surface area contributed by atoms with Gasteiger partial charge in [0.15, 0.2) is 0 Å². The predicted molar refractivity (Wildman–Crippen MR) is 9.37 cm³/mol. The molecule has 0 aromatic rings. The van der Waals surface area contributed by atoms with Crippen LogP contribution in [-0.4, -0.2) is 22.8 Å². The van der Waals surface area contributed by atoms with Crippen molar-refractivity contribution >= 4 is 17.4 Å². The first-order chi connectivity index (χ1) is 0. The van der Waals surface area contributed by atoms with Crippen LogP contribution in [0.3, 0.4) is 0 Å². The third-order valence-corrected chi connectivity index (χ3v) is 0. The summed E-state index contributed by atoms with van der Waals surface area (Å²) in [7, 11) is 0. The summed E-state index contributed by atoms with van der Waals surface area (Å²) in [6, 6.07) is 0. The Hall–Kier alpha value is 2.25. The quantitative estimate of drug-likeness (QED) is 0.378. The molecule has 0 saturated carbocycles. The van der Waals surface area contributed by atoms with Gasteiger partial charge in [-0.15, -0.1) is 0 Å². The van der Waals surface area contributed by atoms with Crippen LogP contribution in [0.4, 0.5) is 0 Å². The minimum atomic E-state index is 0. The predicted octanol–water partition coefficient (Wildman–Crippen LogP) is -10.2. The first kappa shape index (κ1) is 85.8. The number of rotatable bonds is 0. The molecule has 1 nitrogen and oxygen atoms in total. The Bertz CT molecular complexity index is 10.8. The molecule has 0 aromatic carbocycles. The zero-order valence-corrected chi connectivity index (χ0v) is 8.59. The molecule has 0 saturated heterocycles. The van der Waals surface area contributed by atoms with E-state index in [1.807, 2.05) is 0 Å². The molecule has 0 bridgehead atoms. The van der Waals surface area contributed by atoms with Crippen molar-refractivity contribution in [3.63, 3.8) is 0 Å². The standard InChI is InChI=1S/Al.3ClH.H2O.Zr/h;3*1H;1H2;/q+3;;;;;+4/p-3. The molecule has 0 aliphatic heterocycles. The molecule has 32 valence electrons. The second-order valence-corrected chi connectivity index (χ2v) is 0. The molecule has 0 aliphatic rings. The van der Waals surface area contributed by atoms with Crippen molar-refractivity contribution in [1.29, 1.82) is 0 Å². The molecular weight excluding hydrogens is 241 g/mol. The molecule has 0 aromatic heterocycles. The van der Waals surface area contributed by atoms with E-state index in [2.05, 4.69) is 0 Å². The van der Waals surface area contributed by atoms with Crippen LogP contribution in [0.5, 0.6) is 0 Å². The average molecular weight is 243 g/mol. The van der Waals surface area contributed by atoms with E-state index in [4.69, 9.17) is 0 Å². The van der Waals surface area contributed by atoms with Crippen LogP contribution < -0.4 is 37.2 Å². The van der Waals surface area contributed by atoms with Gasteiger partial charge in [-0.2, -0.15) is 0 Å². The summed E-state index contributed by atoms with van der Waals surface area (Å²) in [5.41, 5.74) is 0. The van der Waals surface area contributed by atoms with Crippen LogP contribution >= 0.6 is 0 Å². The molecule has 6 heavy (non-hydrogen) atoms. The van der Waals surface area contributed by atoms with Crippen molar-refractivity contribution in [3.8, 4) is 0 Å². The molecule has 0 unspecified atom stereocenters. The number of hydrogen-bond donors (Lipinski definition) is 0. The smallest absolute Gasteiger partial charge is 1.00 e. The van der Waals surface area contributed by atoms with Crippen molar-refractivity contribution in [2.75, 3.05) is 0 Å². The van der Waals surface area contributed by atoms with E-state index in [1.165, 1.54) is 0 Å². The maximum atomic E-state index is 0. The Morgan fingerprint density at radius 2 is 0.667 bits per heavy atom. The fourth-order valence-corrected chi connectivity index (χ4v) is 0. The first-order valence-electron chi connectivity index (χ1n) is 0. The van der Waals surface area contributed by atoms with Crippen molar-refractivity contribution in [3.05, 3.63) is 0 Å². The van der Waals surface area contributed by atoms with E-state index in [1.54, 1.807) is 0 Å². The van der Waals surface area contributed by atoms with E-state index in [9.17, 15) is 0 Å². The fraction of sp³-hybridized carbons (Fsp3) is 0. The zero-order chi connectivity index (χ0) is 0. The largest absolute Gasteiger partial charge is 4.00 e. The number of halogens is 3. The number of hydrogen-bond acceptors (Lipinski definition) is 0. The van der Waals surface area contributed by atoms with Gasteiger partial charge in [0.2, 0.25) is 0 Å². The Balaban J connectivity index is 0. The van der Waals surface area contributed by atoms with Crippen LogP contribution in [0.15, 0.2) is 0 Å². The van der Waals surface area contributed by atoms with E-state index in [0.717, 1.165) is 0 Å². The van der Waals surface area contributed by atoms with Crippen molar-refractivity contribution < 1.29 is 68.9 Å². The minimum Gasteiger partial charge on any atom is -1.00 e. The minimum absolute atomic E-state index is 0. The van der Waals surface area contributed by atoms with Crippen molar-refractivity contribution in [2.45, 2.75) is 0 Å². The SMILES string of the molecule is O.[Al+3].[Cl-].[Cl-].[Cl-].[Zr+4]. The van der Waals surface area contributed by atoms with E-state index in [0.29, 0.717) is 0 Å². The summed E-state index contributed by atoms with van der Waals surface area (Å²) in [6.07, 6.45) is 0. The van der Waals surface area contributed by atoms with Gasteiger partial charge in [0, 0.05) is 0 Å². The monoisotopic (exact) mass is 240 g/mol. The average Bonchev–Trinajstić information content (AvgIpc) is 0. The third kappa shape index (κ3) is 34.1. The Kier molecular flexibility index (Phi) is 802. The van der Waals surface area contributed by atoms with Gasteiger partial charge in [0.1, 0.15) is 0 Å². The van der Waals surface area contributed by atoms with Crippen LogP contribution in [-0.2, 0) is 26.2 Å². The molecule has 0 aliphatic carbocycles. The molecule has 0 atom stereocenters. The van der Waals surface area contributed by atoms with Crippen LogP contribution in [0, 0.1) is 0 Å². The summed E-state index contributed by atoms with van der Waals surface area (Å²) >= 11 is 0. The van der Waals surface area contributed by atoms with E-state index < -0.39 is 0 Å². The van der Waals surface area contributed by atoms with Crippen molar-refractivity contribution in [2.24, 2.45) is 0 Å². The summed E-state index contributed by atoms with van der Waals surface area (Å²) in [5, 5.41) is 0. The maximum absolute atomic E-state index is 0. The van der Waals surface area contributed by atoms with Gasteiger partial charge in [-0.3, -0.25) is 0 Å². The molecule has 0 rings (SSSR count). The molecule has 0 radical (unpaired) electrons. The molecule has 0 fully saturated rings. The van der Waals surface area contributed by atoms with Crippen LogP contribution in [0.25, 0.3) is 0 Å².